The Morgan fingerprint density at radius 2 is 2.04 bits per heavy atom. The molecule has 1 aliphatic heterocycles. The van der Waals surface area contributed by atoms with Crippen LogP contribution in [0.4, 0.5) is 0 Å². The number of hydrogen-bond donors (Lipinski definition) is 1. The van der Waals surface area contributed by atoms with Crippen LogP contribution in [0.3, 0.4) is 0 Å². The fourth-order valence-electron chi connectivity index (χ4n) is 2.87. The summed E-state index contributed by atoms with van der Waals surface area (Å²) in [4.78, 5) is 12.4. The molecule has 1 aromatic heterocycles. The van der Waals surface area contributed by atoms with Crippen LogP contribution in [0, 0.1) is 0 Å². The maximum atomic E-state index is 12.4. The third-order valence-electron chi connectivity index (χ3n) is 4.20. The zero-order valence-corrected chi connectivity index (χ0v) is 14.2. The van der Waals surface area contributed by atoms with E-state index < -0.39 is 0 Å². The molecule has 6 heteroatoms. The number of carbonyl (C=O) groups is 1. The van der Waals surface area contributed by atoms with Gasteiger partial charge in [0, 0.05) is 30.9 Å². The van der Waals surface area contributed by atoms with Crippen molar-refractivity contribution in [3.05, 3.63) is 72.6 Å². The Morgan fingerprint density at radius 1 is 1.15 bits per heavy atom. The highest BCUT2D eigenvalue weighted by Gasteiger charge is 2.20. The van der Waals surface area contributed by atoms with Gasteiger partial charge in [0.05, 0.1) is 5.69 Å². The number of rotatable bonds is 5. The Labute approximate surface area is 151 Å². The molecule has 132 valence electrons. The average Bonchev–Trinajstić information content (AvgIpc) is 3.23. The summed E-state index contributed by atoms with van der Waals surface area (Å²) < 4.78 is 13.3. The number of benzene rings is 2. The molecule has 1 atom stereocenters. The van der Waals surface area contributed by atoms with Gasteiger partial charge in [-0.15, -0.1) is 0 Å². The number of ether oxygens (including phenoxy) is 2. The summed E-state index contributed by atoms with van der Waals surface area (Å²) in [5.41, 5.74) is 1.45. The maximum absolute atomic E-state index is 12.4. The molecule has 1 amide bonds. The van der Waals surface area contributed by atoms with Crippen molar-refractivity contribution >= 4 is 5.91 Å². The van der Waals surface area contributed by atoms with E-state index in [0.717, 1.165) is 17.2 Å². The number of hydrogen-bond acceptors (Lipinski definition) is 4. The fourth-order valence-corrected chi connectivity index (χ4v) is 2.87. The van der Waals surface area contributed by atoms with Crippen molar-refractivity contribution in [1.29, 1.82) is 0 Å². The first kappa shape index (κ1) is 16.2. The van der Waals surface area contributed by atoms with E-state index >= 15 is 0 Å². The first-order valence-electron chi connectivity index (χ1n) is 8.56. The molecule has 1 aliphatic rings. The van der Waals surface area contributed by atoms with Gasteiger partial charge >= 0.3 is 0 Å². The lowest BCUT2D eigenvalue weighted by Gasteiger charge is -2.26. The Hall–Kier alpha value is -3.28. The highest BCUT2D eigenvalue weighted by Crippen LogP contribution is 2.31. The molecule has 0 saturated carbocycles. The zero-order valence-electron chi connectivity index (χ0n) is 14.2. The van der Waals surface area contributed by atoms with E-state index in [2.05, 4.69) is 10.4 Å². The molecule has 2 aromatic carbocycles. The van der Waals surface area contributed by atoms with Crippen LogP contribution in [0.1, 0.15) is 16.8 Å². The van der Waals surface area contributed by atoms with Crippen LogP contribution in [0.15, 0.2) is 67.0 Å². The molecule has 0 saturated heterocycles. The van der Waals surface area contributed by atoms with Crippen molar-refractivity contribution in [2.75, 3.05) is 13.2 Å². The number of nitrogens with zero attached hydrogens (tertiary/aromatic N) is 2. The third-order valence-corrected chi connectivity index (χ3v) is 4.20. The van der Waals surface area contributed by atoms with E-state index in [0.29, 0.717) is 25.1 Å². The Kier molecular flexibility index (Phi) is 4.55. The molecule has 0 bridgehead atoms. The first-order valence-corrected chi connectivity index (χ1v) is 8.56. The van der Waals surface area contributed by atoms with Gasteiger partial charge in [0.1, 0.15) is 12.7 Å². The predicted molar refractivity (Wildman–Crippen MR) is 96.9 cm³/mol. The molecule has 0 unspecified atom stereocenters. The van der Waals surface area contributed by atoms with E-state index in [1.165, 1.54) is 0 Å². The lowest BCUT2D eigenvalue weighted by Crippen LogP contribution is -2.34. The summed E-state index contributed by atoms with van der Waals surface area (Å²) in [5.74, 6) is 1.40. The van der Waals surface area contributed by atoms with E-state index in [1.54, 1.807) is 16.9 Å². The minimum atomic E-state index is -0.115. The number of carbonyl (C=O) groups excluding carboxylic acids is 1. The molecule has 4 rings (SSSR count). The lowest BCUT2D eigenvalue weighted by molar-refractivity contribution is 0.0813. The number of aromatic nitrogens is 2. The van der Waals surface area contributed by atoms with Gasteiger partial charge in [0.2, 0.25) is 0 Å². The van der Waals surface area contributed by atoms with Crippen LogP contribution >= 0.6 is 0 Å². The van der Waals surface area contributed by atoms with E-state index in [1.807, 2.05) is 54.7 Å². The number of amides is 1. The van der Waals surface area contributed by atoms with Crippen LogP contribution in [0.2, 0.25) is 0 Å². The van der Waals surface area contributed by atoms with Gasteiger partial charge in [0.15, 0.2) is 11.5 Å². The molecule has 0 fully saturated rings. The van der Waals surface area contributed by atoms with Crippen molar-refractivity contribution in [3.63, 3.8) is 0 Å². The van der Waals surface area contributed by atoms with Crippen LogP contribution in [0.25, 0.3) is 5.69 Å². The molecule has 0 radical (unpaired) electrons. The van der Waals surface area contributed by atoms with Gasteiger partial charge in [-0.25, -0.2) is 4.68 Å². The van der Waals surface area contributed by atoms with E-state index in [4.69, 9.17) is 9.47 Å². The second kappa shape index (κ2) is 7.31. The van der Waals surface area contributed by atoms with Gasteiger partial charge in [0.25, 0.3) is 5.91 Å². The first-order chi connectivity index (χ1) is 12.8. The number of para-hydroxylation sites is 2. The highest BCUT2D eigenvalue weighted by molar-refractivity contribution is 5.94. The van der Waals surface area contributed by atoms with Crippen LogP contribution < -0.4 is 14.8 Å². The third kappa shape index (κ3) is 3.54. The summed E-state index contributed by atoms with van der Waals surface area (Å²) in [6.07, 6.45) is 4.16. The molecule has 3 aromatic rings. The summed E-state index contributed by atoms with van der Waals surface area (Å²) >= 11 is 0. The SMILES string of the molecule is O=C(NCC[C@@H]1COc2ccccc2O1)c1cccc(-n2cccn2)c1. The topological polar surface area (TPSA) is 65.4 Å². The molecule has 2 heterocycles. The quantitative estimate of drug-likeness (QED) is 0.769. The van der Waals surface area contributed by atoms with Crippen molar-refractivity contribution in [2.45, 2.75) is 12.5 Å². The summed E-state index contributed by atoms with van der Waals surface area (Å²) in [5, 5.41) is 7.12. The fraction of sp³-hybridized carbons (Fsp3) is 0.200. The molecular weight excluding hydrogens is 330 g/mol. The van der Waals surface area contributed by atoms with E-state index in [-0.39, 0.29) is 12.0 Å². The minimum Gasteiger partial charge on any atom is -0.486 e. The van der Waals surface area contributed by atoms with Crippen molar-refractivity contribution in [1.82, 2.24) is 15.1 Å². The van der Waals surface area contributed by atoms with Crippen LogP contribution in [-0.2, 0) is 0 Å². The number of fused-ring (bicyclic) bond motifs is 1. The van der Waals surface area contributed by atoms with Gasteiger partial charge in [-0.05, 0) is 36.4 Å². The summed E-state index contributed by atoms with van der Waals surface area (Å²) in [7, 11) is 0. The Balaban J connectivity index is 1.32. The lowest BCUT2D eigenvalue weighted by atomic mass is 10.1. The van der Waals surface area contributed by atoms with E-state index in [9.17, 15) is 4.79 Å². The zero-order chi connectivity index (χ0) is 17.8. The normalized spacial score (nSPS) is 15.5. The minimum absolute atomic E-state index is 0.0689. The van der Waals surface area contributed by atoms with Gasteiger partial charge in [-0.3, -0.25) is 4.79 Å². The standard InChI is InChI=1S/C20H19N3O3/c24-20(15-5-3-6-16(13-15)23-12-4-10-22-23)21-11-9-17-14-25-18-7-1-2-8-19(18)26-17/h1-8,10,12-13,17H,9,11,14H2,(H,21,24)/t17-/m1/s1. The largest absolute Gasteiger partial charge is 0.486 e. The summed E-state index contributed by atoms with van der Waals surface area (Å²) in [6, 6.07) is 16.8. The average molecular weight is 349 g/mol. The second-order valence-corrected chi connectivity index (χ2v) is 6.04. The number of nitrogens with one attached hydrogen (secondary N) is 1. The Morgan fingerprint density at radius 3 is 2.88 bits per heavy atom. The van der Waals surface area contributed by atoms with Crippen molar-refractivity contribution in [3.8, 4) is 17.2 Å². The molecule has 6 nitrogen and oxygen atoms in total. The maximum Gasteiger partial charge on any atom is 0.251 e. The molecule has 0 spiro atoms. The predicted octanol–water partition coefficient (Wildman–Crippen LogP) is 2.83. The molecule has 0 aliphatic carbocycles. The van der Waals surface area contributed by atoms with Gasteiger partial charge in [-0.1, -0.05) is 18.2 Å². The molecule has 1 N–H and O–H groups in total. The van der Waals surface area contributed by atoms with Gasteiger partial charge < -0.3 is 14.8 Å². The highest BCUT2D eigenvalue weighted by atomic mass is 16.6. The van der Waals surface area contributed by atoms with Gasteiger partial charge in [-0.2, -0.15) is 5.10 Å². The van der Waals surface area contributed by atoms with Crippen molar-refractivity contribution < 1.29 is 14.3 Å². The van der Waals surface area contributed by atoms with Crippen molar-refractivity contribution in [2.24, 2.45) is 0 Å². The van der Waals surface area contributed by atoms with Crippen LogP contribution in [0.5, 0.6) is 11.5 Å². The summed E-state index contributed by atoms with van der Waals surface area (Å²) in [6.45, 7) is 1.00. The second-order valence-electron chi connectivity index (χ2n) is 6.04. The Bertz CT molecular complexity index is 893. The smallest absolute Gasteiger partial charge is 0.251 e. The molecule has 26 heavy (non-hydrogen) atoms. The monoisotopic (exact) mass is 349 g/mol. The molecular formula is C20H19N3O3. The van der Waals surface area contributed by atoms with Crippen LogP contribution in [-0.4, -0.2) is 34.9 Å².